The van der Waals surface area contributed by atoms with Gasteiger partial charge in [-0.2, -0.15) is 0 Å². The highest BCUT2D eigenvalue weighted by molar-refractivity contribution is 6.09. The van der Waals surface area contributed by atoms with Crippen LogP contribution in [-0.2, 0) is 0 Å². The van der Waals surface area contributed by atoms with Gasteiger partial charge < -0.3 is 4.42 Å². The molecule has 0 amide bonds. The Bertz CT molecular complexity index is 2110. The molecule has 0 atom stereocenters. The first-order valence-electron chi connectivity index (χ1n) is 12.8. The van der Waals surface area contributed by atoms with Gasteiger partial charge in [-0.25, -0.2) is 0 Å². The summed E-state index contributed by atoms with van der Waals surface area (Å²) < 4.78 is 6.27. The molecule has 0 spiro atoms. The molecule has 1 heteroatoms. The summed E-state index contributed by atoms with van der Waals surface area (Å²) >= 11 is 0. The standard InChI is InChI=1S/C36H26O/c1-3-27-28(4-2)36(26-19-20-30-29-13-9-10-16-33(29)37-34(30)22-26)32-15-8-7-14-31(32)35(27)25-18-17-23-11-5-6-12-24(23)21-25/h3-22H,1-2H3/b27-3+,28-4+. The highest BCUT2D eigenvalue weighted by Crippen LogP contribution is 2.35. The summed E-state index contributed by atoms with van der Waals surface area (Å²) in [6.07, 6.45) is 4.51. The molecule has 1 nitrogen and oxygen atoms in total. The van der Waals surface area contributed by atoms with Crippen LogP contribution in [0.2, 0.25) is 0 Å². The Morgan fingerprint density at radius 3 is 1.70 bits per heavy atom. The van der Waals surface area contributed by atoms with E-state index < -0.39 is 0 Å². The van der Waals surface area contributed by atoms with Gasteiger partial charge in [0.25, 0.3) is 0 Å². The van der Waals surface area contributed by atoms with Crippen molar-refractivity contribution in [2.45, 2.75) is 13.8 Å². The summed E-state index contributed by atoms with van der Waals surface area (Å²) in [5.41, 5.74) is 6.79. The summed E-state index contributed by atoms with van der Waals surface area (Å²) in [4.78, 5) is 0. The van der Waals surface area contributed by atoms with Crippen molar-refractivity contribution in [3.8, 4) is 22.3 Å². The van der Waals surface area contributed by atoms with Crippen LogP contribution in [0.1, 0.15) is 13.8 Å². The van der Waals surface area contributed by atoms with Crippen LogP contribution >= 0.6 is 0 Å². The van der Waals surface area contributed by atoms with Crippen LogP contribution in [0.25, 0.3) is 77.9 Å². The van der Waals surface area contributed by atoms with Gasteiger partial charge in [-0.3, -0.25) is 0 Å². The molecule has 0 fully saturated rings. The van der Waals surface area contributed by atoms with Crippen LogP contribution in [0, 0.1) is 0 Å². The van der Waals surface area contributed by atoms with E-state index in [0.29, 0.717) is 0 Å². The lowest BCUT2D eigenvalue weighted by atomic mass is 9.87. The molecule has 0 unspecified atom stereocenters. The normalized spacial score (nSPS) is 12.9. The molecule has 0 saturated heterocycles. The third kappa shape index (κ3) is 3.32. The van der Waals surface area contributed by atoms with Gasteiger partial charge >= 0.3 is 0 Å². The summed E-state index contributed by atoms with van der Waals surface area (Å²) in [6.45, 7) is 4.29. The fourth-order valence-electron chi connectivity index (χ4n) is 5.93. The van der Waals surface area contributed by atoms with E-state index in [0.717, 1.165) is 21.9 Å². The van der Waals surface area contributed by atoms with Crippen LogP contribution in [0.15, 0.2) is 114 Å². The van der Waals surface area contributed by atoms with Crippen molar-refractivity contribution in [3.63, 3.8) is 0 Å². The predicted molar refractivity (Wildman–Crippen MR) is 159 cm³/mol. The average molecular weight is 475 g/mol. The topological polar surface area (TPSA) is 13.1 Å². The van der Waals surface area contributed by atoms with Crippen LogP contribution in [0.4, 0.5) is 0 Å². The SMILES string of the molecule is C/C=c1/c(-c2ccc3ccccc3c2)c2ccccc2c(-c2ccc3c(c2)oc2ccccc23)/c1=C/C. The van der Waals surface area contributed by atoms with Crippen molar-refractivity contribution in [3.05, 3.63) is 120 Å². The Morgan fingerprint density at radius 2 is 1.00 bits per heavy atom. The summed E-state index contributed by atoms with van der Waals surface area (Å²) in [6, 6.07) is 39.1. The van der Waals surface area contributed by atoms with Crippen molar-refractivity contribution >= 4 is 55.6 Å². The first kappa shape index (κ1) is 21.6. The van der Waals surface area contributed by atoms with Crippen molar-refractivity contribution in [2.75, 3.05) is 0 Å². The van der Waals surface area contributed by atoms with E-state index in [9.17, 15) is 0 Å². The van der Waals surface area contributed by atoms with E-state index >= 15 is 0 Å². The molecule has 7 aromatic rings. The zero-order valence-electron chi connectivity index (χ0n) is 21.0. The molecule has 0 aliphatic rings. The van der Waals surface area contributed by atoms with Crippen LogP contribution in [0.5, 0.6) is 0 Å². The number of para-hydroxylation sites is 1. The number of rotatable bonds is 2. The van der Waals surface area contributed by atoms with Crippen molar-refractivity contribution in [1.29, 1.82) is 0 Å². The molecule has 0 saturated carbocycles. The minimum absolute atomic E-state index is 0.922. The summed E-state index contributed by atoms with van der Waals surface area (Å²) in [5, 5.41) is 9.85. The number of benzene rings is 6. The van der Waals surface area contributed by atoms with Gasteiger partial charge in [0, 0.05) is 10.8 Å². The quantitative estimate of drug-likeness (QED) is 0.244. The van der Waals surface area contributed by atoms with E-state index in [4.69, 9.17) is 4.42 Å². The van der Waals surface area contributed by atoms with E-state index in [2.05, 4.69) is 123 Å². The van der Waals surface area contributed by atoms with Gasteiger partial charge in [0.05, 0.1) is 0 Å². The molecule has 1 aromatic heterocycles. The van der Waals surface area contributed by atoms with Gasteiger partial charge in [0.2, 0.25) is 0 Å². The highest BCUT2D eigenvalue weighted by atomic mass is 16.3. The molecule has 0 radical (unpaired) electrons. The Balaban J connectivity index is 1.58. The molecule has 0 bridgehead atoms. The Kier molecular flexibility index (Phi) is 4.97. The summed E-state index contributed by atoms with van der Waals surface area (Å²) in [5.74, 6) is 0. The zero-order chi connectivity index (χ0) is 24.9. The first-order valence-corrected chi connectivity index (χ1v) is 12.8. The van der Waals surface area contributed by atoms with Crippen molar-refractivity contribution in [1.82, 2.24) is 0 Å². The van der Waals surface area contributed by atoms with Crippen LogP contribution in [-0.4, -0.2) is 0 Å². The molecule has 1 heterocycles. The Hall–Kier alpha value is -4.62. The molecular weight excluding hydrogens is 448 g/mol. The number of hydrogen-bond donors (Lipinski definition) is 0. The maximum atomic E-state index is 6.27. The molecule has 0 aliphatic heterocycles. The van der Waals surface area contributed by atoms with Crippen LogP contribution in [0.3, 0.4) is 0 Å². The largest absolute Gasteiger partial charge is 0.456 e. The second-order valence-electron chi connectivity index (χ2n) is 9.57. The third-order valence-corrected chi connectivity index (χ3v) is 7.58. The van der Waals surface area contributed by atoms with Gasteiger partial charge in [-0.05, 0) is 92.3 Å². The van der Waals surface area contributed by atoms with Gasteiger partial charge in [-0.1, -0.05) is 97.1 Å². The molecule has 176 valence electrons. The molecule has 37 heavy (non-hydrogen) atoms. The molecular formula is C36H26O. The molecule has 0 aliphatic carbocycles. The lowest BCUT2D eigenvalue weighted by Crippen LogP contribution is -2.29. The van der Waals surface area contributed by atoms with E-state index in [1.807, 2.05) is 12.1 Å². The average Bonchev–Trinajstić information content (AvgIpc) is 3.33. The zero-order valence-corrected chi connectivity index (χ0v) is 21.0. The van der Waals surface area contributed by atoms with Gasteiger partial charge in [-0.15, -0.1) is 0 Å². The fraction of sp³-hybridized carbons (Fsp3) is 0.0556. The second kappa shape index (κ2) is 8.50. The lowest BCUT2D eigenvalue weighted by molar-refractivity contribution is 0.669. The van der Waals surface area contributed by atoms with E-state index in [1.54, 1.807) is 0 Å². The maximum absolute atomic E-state index is 6.27. The van der Waals surface area contributed by atoms with Crippen LogP contribution < -0.4 is 10.4 Å². The molecule has 6 aromatic carbocycles. The lowest BCUT2D eigenvalue weighted by Gasteiger charge is -2.16. The first-order chi connectivity index (χ1) is 18.3. The van der Waals surface area contributed by atoms with Crippen molar-refractivity contribution in [2.24, 2.45) is 0 Å². The summed E-state index contributed by atoms with van der Waals surface area (Å²) in [7, 11) is 0. The number of hydrogen-bond acceptors (Lipinski definition) is 1. The minimum Gasteiger partial charge on any atom is -0.456 e. The smallest absolute Gasteiger partial charge is 0.136 e. The van der Waals surface area contributed by atoms with Gasteiger partial charge in [0.1, 0.15) is 11.2 Å². The maximum Gasteiger partial charge on any atom is 0.136 e. The Morgan fingerprint density at radius 1 is 0.459 bits per heavy atom. The number of furan rings is 1. The van der Waals surface area contributed by atoms with E-state index in [1.165, 1.54) is 54.2 Å². The third-order valence-electron chi connectivity index (χ3n) is 7.58. The van der Waals surface area contributed by atoms with Crippen molar-refractivity contribution < 1.29 is 4.42 Å². The molecule has 7 rings (SSSR count). The second-order valence-corrected chi connectivity index (χ2v) is 9.57. The Labute approximate surface area is 215 Å². The van der Waals surface area contributed by atoms with Gasteiger partial charge in [0.15, 0.2) is 0 Å². The predicted octanol–water partition coefficient (Wildman–Crippen LogP) is 8.83. The van der Waals surface area contributed by atoms with E-state index in [-0.39, 0.29) is 0 Å². The highest BCUT2D eigenvalue weighted by Gasteiger charge is 2.16. The minimum atomic E-state index is 0.922. The number of fused-ring (bicyclic) bond motifs is 5. The molecule has 0 N–H and O–H groups in total. The monoisotopic (exact) mass is 474 g/mol. The fourth-order valence-corrected chi connectivity index (χ4v) is 5.93.